The summed E-state index contributed by atoms with van der Waals surface area (Å²) < 4.78 is 74.4. The molecule has 1 amide bonds. The molecule has 2 atom stereocenters. The van der Waals surface area contributed by atoms with Crippen molar-refractivity contribution in [1.29, 1.82) is 0 Å². The minimum atomic E-state index is -4.57. The van der Waals surface area contributed by atoms with E-state index in [9.17, 15) is 26.6 Å². The standard InChI is InChI=1S/C25H17F4NO3S/c26-21-10-6-15(25(27,28)29)12-20(21)17-2-1-3-19-18(17)9-11-22(19)33-16-7-4-14(5-8-16)23-13-24(31)30-34(23)32/h1-8,10,12-13,22H,9,11H2,(H,30,31)/t22-,34?/m1/s1. The van der Waals surface area contributed by atoms with Crippen molar-refractivity contribution in [3.05, 3.63) is 94.8 Å². The number of fused-ring (bicyclic) bond motifs is 1. The first kappa shape index (κ1) is 22.3. The highest BCUT2D eigenvalue weighted by Gasteiger charge is 2.32. The van der Waals surface area contributed by atoms with Gasteiger partial charge >= 0.3 is 6.18 Å². The van der Waals surface area contributed by atoms with Gasteiger partial charge in [0.05, 0.1) is 10.5 Å². The quantitative estimate of drug-likeness (QED) is 0.480. The van der Waals surface area contributed by atoms with Gasteiger partial charge in [0.2, 0.25) is 0 Å². The van der Waals surface area contributed by atoms with Crippen LogP contribution in [0.25, 0.3) is 16.0 Å². The molecule has 1 unspecified atom stereocenters. The number of amides is 1. The fourth-order valence-corrected chi connectivity index (χ4v) is 5.22. The van der Waals surface area contributed by atoms with Gasteiger partial charge in [-0.25, -0.2) is 8.60 Å². The van der Waals surface area contributed by atoms with Crippen molar-refractivity contribution in [2.45, 2.75) is 25.1 Å². The summed E-state index contributed by atoms with van der Waals surface area (Å²) in [7, 11) is -1.59. The first-order valence-corrected chi connectivity index (χ1v) is 11.6. The minimum Gasteiger partial charge on any atom is -0.486 e. The number of nitrogens with one attached hydrogen (secondary N) is 1. The minimum absolute atomic E-state index is 0.0855. The van der Waals surface area contributed by atoms with Crippen molar-refractivity contribution < 1.29 is 31.3 Å². The summed E-state index contributed by atoms with van der Waals surface area (Å²) in [6.07, 6.45) is -2.51. The summed E-state index contributed by atoms with van der Waals surface area (Å²) in [5.74, 6) is -0.585. The zero-order valence-electron chi connectivity index (χ0n) is 17.5. The monoisotopic (exact) mass is 487 g/mol. The van der Waals surface area contributed by atoms with E-state index in [4.69, 9.17) is 4.74 Å². The maximum Gasteiger partial charge on any atom is 0.416 e. The van der Waals surface area contributed by atoms with E-state index >= 15 is 0 Å². The molecular weight excluding hydrogens is 470 g/mol. The molecule has 174 valence electrons. The third kappa shape index (κ3) is 4.11. The van der Waals surface area contributed by atoms with Crippen LogP contribution < -0.4 is 9.46 Å². The number of alkyl halides is 3. The predicted molar refractivity (Wildman–Crippen MR) is 119 cm³/mol. The number of carbonyl (C=O) groups excluding carboxylic acids is 1. The third-order valence-electron chi connectivity index (χ3n) is 5.87. The summed E-state index contributed by atoms with van der Waals surface area (Å²) in [6, 6.07) is 14.4. The van der Waals surface area contributed by atoms with Crippen molar-refractivity contribution in [2.24, 2.45) is 0 Å². The van der Waals surface area contributed by atoms with Crippen LogP contribution >= 0.6 is 0 Å². The van der Waals surface area contributed by atoms with Gasteiger partial charge in [-0.2, -0.15) is 13.2 Å². The van der Waals surface area contributed by atoms with E-state index in [0.717, 1.165) is 29.3 Å². The molecule has 1 heterocycles. The molecule has 34 heavy (non-hydrogen) atoms. The van der Waals surface area contributed by atoms with Crippen LogP contribution in [-0.4, -0.2) is 10.1 Å². The first-order valence-electron chi connectivity index (χ1n) is 10.4. The number of hydrogen-bond donors (Lipinski definition) is 1. The summed E-state index contributed by atoms with van der Waals surface area (Å²) >= 11 is 0. The van der Waals surface area contributed by atoms with Crippen molar-refractivity contribution in [3.63, 3.8) is 0 Å². The molecule has 0 saturated carbocycles. The SMILES string of the molecule is O=C1C=C(c2ccc(O[C@@H]3CCc4c(-c5cc(C(F)(F)F)ccc5F)cccc43)cc2)S(=O)N1. The zero-order valence-corrected chi connectivity index (χ0v) is 18.3. The lowest BCUT2D eigenvalue weighted by Gasteiger charge is -2.17. The molecule has 0 bridgehead atoms. The molecule has 1 aliphatic carbocycles. The lowest BCUT2D eigenvalue weighted by molar-refractivity contribution is -0.137. The average molecular weight is 487 g/mol. The smallest absolute Gasteiger partial charge is 0.416 e. The molecule has 0 fully saturated rings. The van der Waals surface area contributed by atoms with Crippen LogP contribution in [0.4, 0.5) is 17.6 Å². The number of ether oxygens (including phenoxy) is 1. The molecule has 3 aromatic carbocycles. The third-order valence-corrected chi connectivity index (χ3v) is 7.01. The van der Waals surface area contributed by atoms with Crippen LogP contribution in [0.5, 0.6) is 5.75 Å². The number of halogens is 4. The molecule has 2 aliphatic rings. The molecular formula is C25H17F4NO3S. The second-order valence-corrected chi connectivity index (χ2v) is 9.16. The van der Waals surface area contributed by atoms with Crippen molar-refractivity contribution in [3.8, 4) is 16.9 Å². The number of benzene rings is 3. The van der Waals surface area contributed by atoms with Crippen LogP contribution in [0.15, 0.2) is 66.7 Å². The summed E-state index contributed by atoms with van der Waals surface area (Å²) in [5.41, 5.74) is 1.63. The van der Waals surface area contributed by atoms with Crippen molar-refractivity contribution in [1.82, 2.24) is 4.72 Å². The Morgan fingerprint density at radius 2 is 1.76 bits per heavy atom. The Kier molecular flexibility index (Phi) is 5.51. The molecule has 0 saturated heterocycles. The van der Waals surface area contributed by atoms with Gasteiger partial charge in [-0.3, -0.25) is 9.52 Å². The molecule has 0 radical (unpaired) electrons. The summed E-state index contributed by atoms with van der Waals surface area (Å²) in [5, 5.41) is 0. The number of carbonyl (C=O) groups is 1. The molecule has 3 aromatic rings. The predicted octanol–water partition coefficient (Wildman–Crippen LogP) is 5.71. The lowest BCUT2D eigenvalue weighted by atomic mass is 9.95. The van der Waals surface area contributed by atoms with Gasteiger partial charge in [0, 0.05) is 11.6 Å². The van der Waals surface area contributed by atoms with E-state index in [2.05, 4.69) is 4.72 Å². The van der Waals surface area contributed by atoms with Gasteiger partial charge in [0.1, 0.15) is 17.7 Å². The van der Waals surface area contributed by atoms with Gasteiger partial charge in [-0.15, -0.1) is 0 Å². The number of rotatable bonds is 4. The first-order chi connectivity index (χ1) is 16.2. The maximum absolute atomic E-state index is 14.5. The Morgan fingerprint density at radius 1 is 1.00 bits per heavy atom. The highest BCUT2D eigenvalue weighted by molar-refractivity contribution is 7.93. The second-order valence-electron chi connectivity index (χ2n) is 7.98. The van der Waals surface area contributed by atoms with E-state index in [-0.39, 0.29) is 11.7 Å². The van der Waals surface area contributed by atoms with Crippen LogP contribution in [0, 0.1) is 5.82 Å². The van der Waals surface area contributed by atoms with Gasteiger partial charge in [-0.1, -0.05) is 30.3 Å². The maximum atomic E-state index is 14.5. The summed E-state index contributed by atoms with van der Waals surface area (Å²) in [4.78, 5) is 11.8. The van der Waals surface area contributed by atoms with E-state index in [1.807, 2.05) is 6.07 Å². The Balaban J connectivity index is 1.41. The van der Waals surface area contributed by atoms with E-state index in [1.54, 1.807) is 36.4 Å². The van der Waals surface area contributed by atoms with E-state index < -0.39 is 34.4 Å². The zero-order chi connectivity index (χ0) is 24.0. The highest BCUT2D eigenvalue weighted by atomic mass is 32.2. The molecule has 0 aromatic heterocycles. The Hall–Kier alpha value is -3.46. The van der Waals surface area contributed by atoms with Crippen molar-refractivity contribution >= 4 is 21.8 Å². The number of hydrogen-bond acceptors (Lipinski definition) is 3. The lowest BCUT2D eigenvalue weighted by Crippen LogP contribution is -2.16. The Labute approximate surface area is 194 Å². The summed E-state index contributed by atoms with van der Waals surface area (Å²) in [6.45, 7) is 0. The molecule has 0 spiro atoms. The second kappa shape index (κ2) is 8.39. The molecule has 1 N–H and O–H groups in total. The molecule has 5 rings (SSSR count). The highest BCUT2D eigenvalue weighted by Crippen LogP contribution is 2.42. The Bertz CT molecular complexity index is 1350. The fourth-order valence-electron chi connectivity index (χ4n) is 4.30. The van der Waals surface area contributed by atoms with Crippen LogP contribution in [0.3, 0.4) is 0 Å². The molecule has 1 aliphatic heterocycles. The van der Waals surface area contributed by atoms with Gasteiger partial charge in [-0.05, 0) is 65.4 Å². The van der Waals surface area contributed by atoms with Gasteiger partial charge < -0.3 is 4.74 Å². The van der Waals surface area contributed by atoms with Gasteiger partial charge in [0.15, 0.2) is 11.0 Å². The van der Waals surface area contributed by atoms with E-state index in [0.29, 0.717) is 34.6 Å². The normalized spacial score (nSPS) is 19.5. The largest absolute Gasteiger partial charge is 0.486 e. The average Bonchev–Trinajstić information content (AvgIpc) is 3.36. The topological polar surface area (TPSA) is 55.4 Å². The fraction of sp³-hybridized carbons (Fsp3) is 0.160. The van der Waals surface area contributed by atoms with E-state index in [1.165, 1.54) is 6.08 Å². The van der Waals surface area contributed by atoms with Crippen molar-refractivity contribution in [2.75, 3.05) is 0 Å². The Morgan fingerprint density at radius 3 is 2.44 bits per heavy atom. The molecule has 4 nitrogen and oxygen atoms in total. The van der Waals surface area contributed by atoms with Crippen LogP contribution in [0.1, 0.15) is 34.8 Å². The van der Waals surface area contributed by atoms with Crippen LogP contribution in [-0.2, 0) is 28.4 Å². The molecule has 9 heteroatoms. The van der Waals surface area contributed by atoms with Crippen LogP contribution in [0.2, 0.25) is 0 Å². The van der Waals surface area contributed by atoms with Gasteiger partial charge in [0.25, 0.3) is 5.91 Å².